The van der Waals surface area contributed by atoms with Crippen molar-refractivity contribution in [1.29, 1.82) is 0 Å². The minimum atomic E-state index is -4.94. The van der Waals surface area contributed by atoms with Gasteiger partial charge in [-0.1, -0.05) is 80.6 Å². The van der Waals surface area contributed by atoms with Gasteiger partial charge in [-0.2, -0.15) is 0 Å². The first kappa shape index (κ1) is 30.7. The summed E-state index contributed by atoms with van der Waals surface area (Å²) in [5.41, 5.74) is 9.38. The molecule has 2 aromatic carbocycles. The second-order valence-corrected chi connectivity index (χ2v) is 14.0. The monoisotopic (exact) mass is 590 g/mol. The van der Waals surface area contributed by atoms with Crippen molar-refractivity contribution in [2.24, 2.45) is 10.8 Å². The van der Waals surface area contributed by atoms with Gasteiger partial charge in [0.1, 0.15) is 7.05 Å². The molecule has 4 aliphatic rings. The van der Waals surface area contributed by atoms with E-state index in [-0.39, 0.29) is 10.8 Å². The number of likely N-dealkylation sites (tertiary alicyclic amines) is 1. The van der Waals surface area contributed by atoms with Gasteiger partial charge in [-0.15, -0.1) is 10.2 Å². The van der Waals surface area contributed by atoms with Gasteiger partial charge in [-0.25, -0.2) is 23.2 Å². The molecule has 2 heterocycles. The maximum atomic E-state index is 8.49. The molecule has 2 aliphatic heterocycles. The summed E-state index contributed by atoms with van der Waals surface area (Å²) in [5.74, 6) is 1.12. The van der Waals surface area contributed by atoms with Crippen LogP contribution in [-0.4, -0.2) is 41.4 Å². The summed E-state index contributed by atoms with van der Waals surface area (Å²) < 4.78 is 36.5. The van der Waals surface area contributed by atoms with Gasteiger partial charge in [0.2, 0.25) is 0 Å². The van der Waals surface area contributed by atoms with Gasteiger partial charge >= 0.3 is 0 Å². The van der Waals surface area contributed by atoms with E-state index in [0.29, 0.717) is 23.9 Å². The van der Waals surface area contributed by atoms with Crippen molar-refractivity contribution in [3.63, 3.8) is 0 Å². The number of halogens is 1. The number of benzene rings is 2. The van der Waals surface area contributed by atoms with Gasteiger partial charge in [-0.3, -0.25) is 0 Å². The average molecular weight is 591 g/mol. The van der Waals surface area contributed by atoms with E-state index in [1.807, 2.05) is 0 Å². The minimum Gasteiger partial charge on any atom is -0.374 e. The highest BCUT2D eigenvalue weighted by molar-refractivity contribution is 5.97. The molecule has 2 aliphatic carbocycles. The first-order valence-electron chi connectivity index (χ1n) is 14.9. The highest BCUT2D eigenvalue weighted by Crippen LogP contribution is 2.56. The molecule has 6 rings (SSSR count). The van der Waals surface area contributed by atoms with E-state index >= 15 is 0 Å². The summed E-state index contributed by atoms with van der Waals surface area (Å²) in [6.07, 6.45) is 16.4. The third-order valence-corrected chi connectivity index (χ3v) is 10.3. The van der Waals surface area contributed by atoms with Crippen molar-refractivity contribution in [1.82, 2.24) is 4.90 Å². The zero-order chi connectivity index (χ0) is 30.4. The highest BCUT2D eigenvalue weighted by atomic mass is 35.7. The number of aryl methyl sites for hydroxylation is 2. The lowest BCUT2D eigenvalue weighted by atomic mass is 9.66. The summed E-state index contributed by atoms with van der Waals surface area (Å²) in [7, 11) is -0.331. The molecule has 0 aromatic heterocycles. The number of nitrogens with zero attached hydrogens (tertiary/aromatic N) is 2. The molecule has 0 N–H and O–H groups in total. The SMILES string of the molecule is CN1/C(=C/C=C/C=C/C2=[N+](C)C3CCc4ccccc4C3C2(C)C)C(C)(C)C2c3ccccc3CCC21.[O-][Cl+3]([O-])([O-])[O-]. The zero-order valence-electron chi connectivity index (χ0n) is 25.5. The fourth-order valence-corrected chi connectivity index (χ4v) is 8.67. The Morgan fingerprint density at radius 3 is 1.95 bits per heavy atom. The molecule has 7 heteroatoms. The molecule has 6 nitrogen and oxygen atoms in total. The molecular formula is C35H43ClN2O4. The van der Waals surface area contributed by atoms with Crippen molar-refractivity contribution in [2.45, 2.75) is 77.3 Å². The van der Waals surface area contributed by atoms with Gasteiger partial charge in [0, 0.05) is 42.6 Å². The fraction of sp³-hybridized carbons (Fsp3) is 0.457. The van der Waals surface area contributed by atoms with Crippen LogP contribution in [0.1, 0.15) is 74.6 Å². The number of fused-ring (bicyclic) bond motifs is 6. The third-order valence-electron chi connectivity index (χ3n) is 10.3. The molecule has 0 amide bonds. The van der Waals surface area contributed by atoms with Gasteiger partial charge in [0.15, 0.2) is 11.8 Å². The molecule has 1 saturated heterocycles. The Morgan fingerprint density at radius 2 is 1.33 bits per heavy atom. The Hall–Kier alpha value is -2.74. The van der Waals surface area contributed by atoms with Crippen molar-refractivity contribution < 1.29 is 33.5 Å². The molecular weight excluding hydrogens is 548 g/mol. The number of allylic oxidation sites excluding steroid dienone is 6. The third kappa shape index (κ3) is 5.63. The van der Waals surface area contributed by atoms with Crippen LogP contribution < -0.4 is 18.6 Å². The van der Waals surface area contributed by atoms with Crippen LogP contribution in [0.3, 0.4) is 0 Å². The predicted octanol–water partition coefficient (Wildman–Crippen LogP) is 2.52. The topological polar surface area (TPSA) is 98.5 Å². The summed E-state index contributed by atoms with van der Waals surface area (Å²) >= 11 is 0. The predicted molar refractivity (Wildman–Crippen MR) is 155 cm³/mol. The Balaban J connectivity index is 0.000000652. The number of hydrogen-bond donors (Lipinski definition) is 0. The Bertz CT molecular complexity index is 1440. The maximum absolute atomic E-state index is 8.49. The number of rotatable bonds is 3. The molecule has 0 saturated carbocycles. The van der Waals surface area contributed by atoms with Crippen molar-refractivity contribution in [2.75, 3.05) is 14.1 Å². The average Bonchev–Trinajstić information content (AvgIpc) is 3.25. The molecule has 224 valence electrons. The lowest BCUT2D eigenvalue weighted by molar-refractivity contribution is -2.00. The van der Waals surface area contributed by atoms with Crippen LogP contribution in [0.25, 0.3) is 0 Å². The summed E-state index contributed by atoms with van der Waals surface area (Å²) in [6.45, 7) is 9.77. The van der Waals surface area contributed by atoms with E-state index in [1.165, 1.54) is 37.1 Å². The van der Waals surface area contributed by atoms with Crippen LogP contribution in [0, 0.1) is 21.1 Å². The second-order valence-electron chi connectivity index (χ2n) is 13.3. The van der Waals surface area contributed by atoms with Crippen molar-refractivity contribution in [3.05, 3.63) is 107 Å². The molecule has 0 spiro atoms. The molecule has 0 radical (unpaired) electrons. The Kier molecular flexibility index (Phi) is 8.34. The molecule has 4 unspecified atom stereocenters. The van der Waals surface area contributed by atoms with E-state index in [0.717, 1.165) is 0 Å². The standard InChI is InChI=1S/C35H43N2.ClHO4/c1-34(2)30(36(5)28-22-20-24-14-10-12-16-26(24)32(28)34)18-8-7-9-19-31-35(3,4)33-27-17-13-11-15-25(27)21-23-29(33)37(31)6;2-1(3,4)5/h7-19,28-29,32-33H,20-23H2,1-6H3;(H,2,3,4,5)/q+1;/p-1. The maximum Gasteiger partial charge on any atom is 0.182 e. The minimum absolute atomic E-state index is 0.121. The smallest absolute Gasteiger partial charge is 0.182 e. The van der Waals surface area contributed by atoms with Gasteiger partial charge in [0.05, 0.1) is 11.3 Å². The summed E-state index contributed by atoms with van der Waals surface area (Å²) in [6, 6.07) is 19.4. The number of hydrogen-bond acceptors (Lipinski definition) is 5. The van der Waals surface area contributed by atoms with E-state index in [2.05, 4.69) is 130 Å². The first-order valence-corrected chi connectivity index (χ1v) is 16.1. The Morgan fingerprint density at radius 1 is 0.786 bits per heavy atom. The quantitative estimate of drug-likeness (QED) is 0.404. The first-order chi connectivity index (χ1) is 19.7. The van der Waals surface area contributed by atoms with E-state index < -0.39 is 10.2 Å². The fourth-order valence-electron chi connectivity index (χ4n) is 8.67. The van der Waals surface area contributed by atoms with Crippen molar-refractivity contribution >= 4 is 5.71 Å². The van der Waals surface area contributed by atoms with Crippen LogP contribution in [0.4, 0.5) is 0 Å². The lowest BCUT2D eigenvalue weighted by Gasteiger charge is -2.35. The van der Waals surface area contributed by atoms with Crippen LogP contribution in [0.2, 0.25) is 0 Å². The normalized spacial score (nSPS) is 28.4. The molecule has 4 atom stereocenters. The highest BCUT2D eigenvalue weighted by Gasteiger charge is 2.55. The molecule has 0 bridgehead atoms. The largest absolute Gasteiger partial charge is 0.374 e. The van der Waals surface area contributed by atoms with Crippen LogP contribution in [0.5, 0.6) is 0 Å². The van der Waals surface area contributed by atoms with Crippen LogP contribution >= 0.6 is 0 Å². The van der Waals surface area contributed by atoms with Gasteiger partial charge in [-0.05, 0) is 61.4 Å². The van der Waals surface area contributed by atoms with E-state index in [1.54, 1.807) is 22.3 Å². The van der Waals surface area contributed by atoms with Gasteiger partial charge in [0.25, 0.3) is 0 Å². The summed E-state index contributed by atoms with van der Waals surface area (Å²) in [5, 5.41) is 0. The van der Waals surface area contributed by atoms with E-state index in [4.69, 9.17) is 18.6 Å². The van der Waals surface area contributed by atoms with Gasteiger partial charge < -0.3 is 4.90 Å². The summed E-state index contributed by atoms with van der Waals surface area (Å²) in [4.78, 5) is 2.57. The van der Waals surface area contributed by atoms with Crippen LogP contribution in [0.15, 0.2) is 84.6 Å². The lowest BCUT2D eigenvalue weighted by Crippen LogP contribution is -2.68. The molecule has 1 fully saturated rings. The van der Waals surface area contributed by atoms with Crippen LogP contribution in [-0.2, 0) is 12.8 Å². The zero-order valence-corrected chi connectivity index (χ0v) is 26.3. The molecule has 2 aromatic rings. The second kappa shape index (κ2) is 11.4. The molecule has 42 heavy (non-hydrogen) atoms. The van der Waals surface area contributed by atoms with Crippen molar-refractivity contribution in [3.8, 4) is 0 Å². The Labute approximate surface area is 252 Å². The number of likely N-dealkylation sites (N-methyl/N-ethyl adjacent to an activating group) is 2. The van der Waals surface area contributed by atoms with E-state index in [9.17, 15) is 0 Å².